The molecule has 1 unspecified atom stereocenters. The van der Waals surface area contributed by atoms with Gasteiger partial charge in [0.15, 0.2) is 0 Å². The lowest BCUT2D eigenvalue weighted by Gasteiger charge is -2.33. The first-order valence-corrected chi connectivity index (χ1v) is 4.88. The molecular weight excluding hydrogens is 160 g/mol. The summed E-state index contributed by atoms with van der Waals surface area (Å²) in [5, 5.41) is 0. The Kier molecular flexibility index (Phi) is 1.86. The molecule has 0 radical (unpaired) electrons. The van der Waals surface area contributed by atoms with Gasteiger partial charge in [0.1, 0.15) is 0 Å². The van der Waals surface area contributed by atoms with Crippen LogP contribution in [0.4, 0.5) is 0 Å². The van der Waals surface area contributed by atoms with Crippen LogP contribution in [0.3, 0.4) is 0 Å². The highest BCUT2D eigenvalue weighted by Gasteiger charge is 2.31. The van der Waals surface area contributed by atoms with Crippen LogP contribution in [0.2, 0.25) is 0 Å². The van der Waals surface area contributed by atoms with Gasteiger partial charge in [0.25, 0.3) is 0 Å². The zero-order valence-electron chi connectivity index (χ0n) is 8.54. The fraction of sp³-hybridized carbons (Fsp3) is 0.636. The van der Waals surface area contributed by atoms with Gasteiger partial charge in [-0.3, -0.25) is 9.97 Å². The van der Waals surface area contributed by atoms with Gasteiger partial charge in [-0.25, -0.2) is 0 Å². The van der Waals surface area contributed by atoms with Crippen molar-refractivity contribution in [2.24, 2.45) is 5.41 Å². The monoisotopic (exact) mass is 176 g/mol. The first-order valence-electron chi connectivity index (χ1n) is 4.88. The molecule has 2 heteroatoms. The quantitative estimate of drug-likeness (QED) is 0.607. The molecule has 0 saturated carbocycles. The zero-order chi connectivity index (χ0) is 9.47. The topological polar surface area (TPSA) is 25.8 Å². The molecule has 2 rings (SSSR count). The average molecular weight is 176 g/mol. The summed E-state index contributed by atoms with van der Waals surface area (Å²) in [4.78, 5) is 8.81. The van der Waals surface area contributed by atoms with Crippen molar-refractivity contribution in [2.75, 3.05) is 0 Å². The molecule has 70 valence electrons. The van der Waals surface area contributed by atoms with E-state index < -0.39 is 0 Å². The van der Waals surface area contributed by atoms with Crippen LogP contribution in [0.1, 0.15) is 44.5 Å². The lowest BCUT2D eigenvalue weighted by Crippen LogP contribution is -2.26. The number of nitrogens with zero attached hydrogens (tertiary/aromatic N) is 2. The molecule has 0 fully saturated rings. The van der Waals surface area contributed by atoms with Crippen LogP contribution >= 0.6 is 0 Å². The molecule has 1 aliphatic rings. The summed E-state index contributed by atoms with van der Waals surface area (Å²) in [6.07, 6.45) is 5.89. The first-order chi connectivity index (χ1) is 6.08. The van der Waals surface area contributed by atoms with Gasteiger partial charge in [-0.05, 0) is 18.3 Å². The molecule has 1 aliphatic carbocycles. The lowest BCUT2D eigenvalue weighted by atomic mass is 9.73. The molecule has 0 saturated heterocycles. The van der Waals surface area contributed by atoms with Crippen LogP contribution in [-0.4, -0.2) is 9.97 Å². The fourth-order valence-corrected chi connectivity index (χ4v) is 2.38. The number of hydrogen-bond acceptors (Lipinski definition) is 2. The predicted octanol–water partition coefficient (Wildman–Crippen LogP) is 2.55. The molecule has 0 spiro atoms. The molecule has 0 aromatic carbocycles. The van der Waals surface area contributed by atoms with E-state index in [1.54, 1.807) is 12.4 Å². The highest BCUT2D eigenvalue weighted by Crippen LogP contribution is 2.39. The largest absolute Gasteiger partial charge is 0.258 e. The van der Waals surface area contributed by atoms with Crippen LogP contribution < -0.4 is 0 Å². The van der Waals surface area contributed by atoms with Crippen LogP contribution in [0.5, 0.6) is 0 Å². The van der Waals surface area contributed by atoms with Gasteiger partial charge in [-0.1, -0.05) is 20.8 Å². The van der Waals surface area contributed by atoms with Crippen LogP contribution in [0.25, 0.3) is 0 Å². The van der Waals surface area contributed by atoms with E-state index in [0.717, 1.165) is 6.42 Å². The third-order valence-electron chi connectivity index (χ3n) is 2.78. The molecule has 1 aromatic heterocycles. The Labute approximate surface area is 79.4 Å². The summed E-state index contributed by atoms with van der Waals surface area (Å²) in [6, 6.07) is 0. The maximum atomic E-state index is 4.40. The Balaban J connectivity index is 2.43. The molecule has 1 aromatic rings. The maximum Gasteiger partial charge on any atom is 0.0647 e. The second-order valence-electron chi connectivity index (χ2n) is 4.83. The molecular formula is C11H16N2. The van der Waals surface area contributed by atoms with E-state index in [2.05, 4.69) is 30.7 Å². The highest BCUT2D eigenvalue weighted by molar-refractivity contribution is 5.20. The molecule has 1 heterocycles. The smallest absolute Gasteiger partial charge is 0.0647 e. The molecule has 0 N–H and O–H groups in total. The summed E-state index contributed by atoms with van der Waals surface area (Å²) in [6.45, 7) is 6.86. The summed E-state index contributed by atoms with van der Waals surface area (Å²) < 4.78 is 0. The Hall–Kier alpha value is -0.920. The highest BCUT2D eigenvalue weighted by atomic mass is 14.8. The predicted molar refractivity (Wildman–Crippen MR) is 52.5 cm³/mol. The van der Waals surface area contributed by atoms with E-state index in [1.807, 2.05) is 0 Å². The summed E-state index contributed by atoms with van der Waals surface area (Å²) in [7, 11) is 0. The summed E-state index contributed by atoms with van der Waals surface area (Å²) >= 11 is 0. The van der Waals surface area contributed by atoms with Gasteiger partial charge in [0.2, 0.25) is 0 Å². The van der Waals surface area contributed by atoms with Crippen molar-refractivity contribution in [3.8, 4) is 0 Å². The van der Waals surface area contributed by atoms with Crippen LogP contribution in [0.15, 0.2) is 12.4 Å². The maximum absolute atomic E-state index is 4.40. The van der Waals surface area contributed by atoms with Gasteiger partial charge < -0.3 is 0 Å². The van der Waals surface area contributed by atoms with E-state index >= 15 is 0 Å². The summed E-state index contributed by atoms with van der Waals surface area (Å²) in [5.74, 6) is 0.562. The Morgan fingerprint density at radius 1 is 1.31 bits per heavy atom. The van der Waals surface area contributed by atoms with Gasteiger partial charge in [-0.15, -0.1) is 0 Å². The minimum atomic E-state index is 0.391. The number of aromatic nitrogens is 2. The third kappa shape index (κ3) is 1.58. The van der Waals surface area contributed by atoms with Crippen molar-refractivity contribution < 1.29 is 0 Å². The third-order valence-corrected chi connectivity index (χ3v) is 2.78. The van der Waals surface area contributed by atoms with Gasteiger partial charge >= 0.3 is 0 Å². The lowest BCUT2D eigenvalue weighted by molar-refractivity contribution is 0.280. The average Bonchev–Trinajstić information content (AvgIpc) is 2.02. The fourth-order valence-electron chi connectivity index (χ4n) is 2.38. The van der Waals surface area contributed by atoms with E-state index in [-0.39, 0.29) is 0 Å². The second-order valence-corrected chi connectivity index (χ2v) is 4.83. The van der Waals surface area contributed by atoms with Gasteiger partial charge in [-0.2, -0.15) is 0 Å². The first kappa shape index (κ1) is 8.67. The van der Waals surface area contributed by atoms with Crippen molar-refractivity contribution in [2.45, 2.75) is 39.5 Å². The molecule has 1 atom stereocenters. The molecule has 0 bridgehead atoms. The normalized spacial score (nSPS) is 25.3. The number of rotatable bonds is 0. The standard InChI is InChI=1S/C11H16N2/c1-8-6-11(2,3)7-9-10(8)13-5-4-12-9/h4-5,8H,6-7H2,1-3H3. The molecule has 2 nitrogen and oxygen atoms in total. The van der Waals surface area contributed by atoms with Crippen LogP contribution in [-0.2, 0) is 6.42 Å². The van der Waals surface area contributed by atoms with Gasteiger partial charge in [0, 0.05) is 18.3 Å². The van der Waals surface area contributed by atoms with E-state index in [9.17, 15) is 0 Å². The molecule has 0 aliphatic heterocycles. The van der Waals surface area contributed by atoms with Crippen LogP contribution in [0, 0.1) is 5.41 Å². The Morgan fingerprint density at radius 3 is 2.77 bits per heavy atom. The van der Waals surface area contributed by atoms with E-state index in [4.69, 9.17) is 0 Å². The molecule has 13 heavy (non-hydrogen) atoms. The van der Waals surface area contributed by atoms with Gasteiger partial charge in [0.05, 0.1) is 11.4 Å². The van der Waals surface area contributed by atoms with E-state index in [0.29, 0.717) is 11.3 Å². The van der Waals surface area contributed by atoms with Crippen molar-refractivity contribution >= 4 is 0 Å². The summed E-state index contributed by atoms with van der Waals surface area (Å²) in [5.41, 5.74) is 2.80. The van der Waals surface area contributed by atoms with Crippen molar-refractivity contribution in [3.05, 3.63) is 23.8 Å². The Morgan fingerprint density at radius 2 is 2.00 bits per heavy atom. The van der Waals surface area contributed by atoms with Crippen molar-refractivity contribution in [1.82, 2.24) is 9.97 Å². The minimum absolute atomic E-state index is 0.391. The van der Waals surface area contributed by atoms with Crippen molar-refractivity contribution in [1.29, 1.82) is 0 Å². The number of fused-ring (bicyclic) bond motifs is 1. The van der Waals surface area contributed by atoms with Crippen molar-refractivity contribution in [3.63, 3.8) is 0 Å². The zero-order valence-corrected chi connectivity index (χ0v) is 8.54. The molecule has 0 amide bonds. The number of hydrogen-bond donors (Lipinski definition) is 0. The minimum Gasteiger partial charge on any atom is -0.258 e. The Bertz CT molecular complexity index is 318. The SMILES string of the molecule is CC1CC(C)(C)Cc2nccnc21. The van der Waals surface area contributed by atoms with E-state index in [1.165, 1.54) is 17.8 Å². The second kappa shape index (κ2) is 2.79.